The van der Waals surface area contributed by atoms with E-state index in [0.29, 0.717) is 27.4 Å². The Hall–Kier alpha value is -1.59. The summed E-state index contributed by atoms with van der Waals surface area (Å²) in [5.41, 5.74) is 1.63. The van der Waals surface area contributed by atoms with Gasteiger partial charge in [0.2, 0.25) is 0 Å². The Morgan fingerprint density at radius 1 is 1.35 bits per heavy atom. The summed E-state index contributed by atoms with van der Waals surface area (Å²) in [6, 6.07) is 9.94. The second-order valence-corrected chi connectivity index (χ2v) is 5.14. The number of hydrogen-bond acceptors (Lipinski definition) is 3. The van der Waals surface area contributed by atoms with Crippen LogP contribution in [-0.2, 0) is 5.33 Å². The summed E-state index contributed by atoms with van der Waals surface area (Å²) < 4.78 is 5.81. The molecule has 4 nitrogen and oxygen atoms in total. The van der Waals surface area contributed by atoms with Gasteiger partial charge in [-0.25, -0.2) is 0 Å². The third-order valence-electron chi connectivity index (χ3n) is 2.77. The average Bonchev–Trinajstić information content (AvgIpc) is 2.42. The predicted molar refractivity (Wildman–Crippen MR) is 82.0 cm³/mol. The van der Waals surface area contributed by atoms with Crippen LogP contribution in [0, 0.1) is 17.0 Å². The topological polar surface area (TPSA) is 52.4 Å². The van der Waals surface area contributed by atoms with Gasteiger partial charge in [-0.05, 0) is 24.6 Å². The van der Waals surface area contributed by atoms with Crippen molar-refractivity contribution in [3.8, 4) is 11.5 Å². The first-order valence-electron chi connectivity index (χ1n) is 5.79. The van der Waals surface area contributed by atoms with E-state index < -0.39 is 4.92 Å². The lowest BCUT2D eigenvalue weighted by atomic mass is 10.2. The van der Waals surface area contributed by atoms with Crippen LogP contribution in [0.4, 0.5) is 5.69 Å². The van der Waals surface area contributed by atoms with Gasteiger partial charge in [0, 0.05) is 23.0 Å². The van der Waals surface area contributed by atoms with Gasteiger partial charge in [-0.3, -0.25) is 10.1 Å². The summed E-state index contributed by atoms with van der Waals surface area (Å²) in [5.74, 6) is 1.11. The SMILES string of the molecule is Cc1cc([N+](=O)[O-])ccc1Oc1c(Cl)cccc1CBr. The highest BCUT2D eigenvalue weighted by atomic mass is 79.9. The van der Waals surface area contributed by atoms with E-state index in [4.69, 9.17) is 16.3 Å². The molecule has 0 aliphatic carbocycles. The minimum atomic E-state index is -0.434. The summed E-state index contributed by atoms with van der Waals surface area (Å²) in [7, 11) is 0. The third-order valence-corrected chi connectivity index (χ3v) is 3.68. The summed E-state index contributed by atoms with van der Waals surface area (Å²) in [6.07, 6.45) is 0. The predicted octanol–water partition coefficient (Wildman–Crippen LogP) is 5.24. The minimum Gasteiger partial charge on any atom is -0.455 e. The van der Waals surface area contributed by atoms with Gasteiger partial charge in [-0.1, -0.05) is 39.7 Å². The molecule has 0 bridgehead atoms. The molecule has 0 unspecified atom stereocenters. The molecule has 0 amide bonds. The second-order valence-electron chi connectivity index (χ2n) is 4.17. The molecule has 0 heterocycles. The first kappa shape index (κ1) is 14.8. The number of nitrogens with zero attached hydrogens (tertiary/aromatic N) is 1. The van der Waals surface area contributed by atoms with Crippen molar-refractivity contribution >= 4 is 33.2 Å². The molecule has 20 heavy (non-hydrogen) atoms. The first-order chi connectivity index (χ1) is 9.52. The fraction of sp³-hybridized carbons (Fsp3) is 0.143. The van der Waals surface area contributed by atoms with Crippen LogP contribution in [0.25, 0.3) is 0 Å². The Kier molecular flexibility index (Phi) is 4.62. The van der Waals surface area contributed by atoms with Crippen molar-refractivity contribution in [2.75, 3.05) is 0 Å². The molecule has 0 fully saturated rings. The average molecular weight is 357 g/mol. The number of aryl methyl sites for hydroxylation is 1. The molecule has 2 aromatic carbocycles. The van der Waals surface area contributed by atoms with Gasteiger partial charge in [-0.2, -0.15) is 0 Å². The molecule has 2 aromatic rings. The molecule has 0 N–H and O–H groups in total. The molecule has 0 radical (unpaired) electrons. The van der Waals surface area contributed by atoms with Crippen molar-refractivity contribution in [2.24, 2.45) is 0 Å². The molecule has 0 saturated heterocycles. The maximum atomic E-state index is 10.7. The Labute approximate surface area is 129 Å². The first-order valence-corrected chi connectivity index (χ1v) is 7.29. The number of hydrogen-bond donors (Lipinski definition) is 0. The number of ether oxygens (including phenoxy) is 1. The van der Waals surface area contributed by atoms with E-state index in [0.717, 1.165) is 5.56 Å². The standard InChI is InChI=1S/C14H11BrClNO3/c1-9-7-11(17(18)19)5-6-13(9)20-14-10(8-15)3-2-4-12(14)16/h2-7H,8H2,1H3. The summed E-state index contributed by atoms with van der Waals surface area (Å²) in [6.45, 7) is 1.76. The lowest BCUT2D eigenvalue weighted by Gasteiger charge is -2.13. The summed E-state index contributed by atoms with van der Waals surface area (Å²) in [5, 5.41) is 11.8. The van der Waals surface area contributed by atoms with Crippen molar-refractivity contribution < 1.29 is 9.66 Å². The van der Waals surface area contributed by atoms with Gasteiger partial charge in [0.15, 0.2) is 0 Å². The molecule has 0 aliphatic heterocycles. The molecule has 104 valence electrons. The molecule has 2 rings (SSSR count). The molecular weight excluding hydrogens is 346 g/mol. The van der Waals surface area contributed by atoms with E-state index in [1.54, 1.807) is 19.1 Å². The van der Waals surface area contributed by atoms with E-state index in [9.17, 15) is 10.1 Å². The van der Waals surface area contributed by atoms with Crippen LogP contribution >= 0.6 is 27.5 Å². The zero-order chi connectivity index (χ0) is 14.7. The number of alkyl halides is 1. The quantitative estimate of drug-likeness (QED) is 0.427. The maximum Gasteiger partial charge on any atom is 0.269 e. The largest absolute Gasteiger partial charge is 0.455 e. The Balaban J connectivity index is 2.38. The van der Waals surface area contributed by atoms with Crippen LogP contribution in [0.5, 0.6) is 11.5 Å². The van der Waals surface area contributed by atoms with Gasteiger partial charge in [-0.15, -0.1) is 0 Å². The zero-order valence-corrected chi connectivity index (χ0v) is 12.9. The van der Waals surface area contributed by atoms with Crippen LogP contribution in [0.3, 0.4) is 0 Å². The van der Waals surface area contributed by atoms with E-state index in [1.165, 1.54) is 12.1 Å². The number of non-ortho nitro benzene ring substituents is 1. The van der Waals surface area contributed by atoms with Crippen molar-refractivity contribution in [3.05, 3.63) is 62.7 Å². The van der Waals surface area contributed by atoms with Gasteiger partial charge < -0.3 is 4.74 Å². The monoisotopic (exact) mass is 355 g/mol. The smallest absolute Gasteiger partial charge is 0.269 e. The van der Waals surface area contributed by atoms with Crippen molar-refractivity contribution in [2.45, 2.75) is 12.3 Å². The molecule has 0 aromatic heterocycles. The number of nitro groups is 1. The van der Waals surface area contributed by atoms with Crippen LogP contribution in [0.1, 0.15) is 11.1 Å². The van der Waals surface area contributed by atoms with E-state index in [2.05, 4.69) is 15.9 Å². The molecule has 0 atom stereocenters. The number of para-hydroxylation sites is 1. The minimum absolute atomic E-state index is 0.0368. The van der Waals surface area contributed by atoms with Crippen LogP contribution in [0.2, 0.25) is 5.02 Å². The van der Waals surface area contributed by atoms with Crippen LogP contribution < -0.4 is 4.74 Å². The second kappa shape index (κ2) is 6.24. The van der Waals surface area contributed by atoms with Gasteiger partial charge in [0.25, 0.3) is 5.69 Å². The Bertz CT molecular complexity index is 661. The lowest BCUT2D eigenvalue weighted by molar-refractivity contribution is -0.384. The van der Waals surface area contributed by atoms with E-state index in [-0.39, 0.29) is 5.69 Å². The fourth-order valence-corrected chi connectivity index (χ4v) is 2.42. The van der Waals surface area contributed by atoms with Crippen molar-refractivity contribution in [1.82, 2.24) is 0 Å². The van der Waals surface area contributed by atoms with Gasteiger partial charge in [0.05, 0.1) is 9.95 Å². The Morgan fingerprint density at radius 2 is 2.10 bits per heavy atom. The fourth-order valence-electron chi connectivity index (χ4n) is 1.74. The highest BCUT2D eigenvalue weighted by Gasteiger charge is 2.13. The molecule has 0 aliphatic rings. The van der Waals surface area contributed by atoms with E-state index >= 15 is 0 Å². The molecule has 6 heteroatoms. The molecular formula is C14H11BrClNO3. The number of halogens is 2. The third kappa shape index (κ3) is 3.11. The van der Waals surface area contributed by atoms with Crippen LogP contribution in [-0.4, -0.2) is 4.92 Å². The Morgan fingerprint density at radius 3 is 2.70 bits per heavy atom. The summed E-state index contributed by atoms with van der Waals surface area (Å²) in [4.78, 5) is 10.3. The van der Waals surface area contributed by atoms with Gasteiger partial charge in [0.1, 0.15) is 11.5 Å². The normalized spacial score (nSPS) is 10.3. The highest BCUT2D eigenvalue weighted by Crippen LogP contribution is 2.36. The van der Waals surface area contributed by atoms with Crippen LogP contribution in [0.15, 0.2) is 36.4 Å². The van der Waals surface area contributed by atoms with Crippen molar-refractivity contribution in [1.29, 1.82) is 0 Å². The lowest BCUT2D eigenvalue weighted by Crippen LogP contribution is -1.94. The number of nitro benzene ring substituents is 1. The highest BCUT2D eigenvalue weighted by molar-refractivity contribution is 9.08. The number of rotatable bonds is 4. The summed E-state index contributed by atoms with van der Waals surface area (Å²) >= 11 is 9.52. The maximum absolute atomic E-state index is 10.7. The zero-order valence-electron chi connectivity index (χ0n) is 10.6. The van der Waals surface area contributed by atoms with Crippen molar-refractivity contribution in [3.63, 3.8) is 0 Å². The molecule has 0 spiro atoms. The molecule has 0 saturated carbocycles. The number of benzene rings is 2. The van der Waals surface area contributed by atoms with E-state index in [1.807, 2.05) is 12.1 Å². The van der Waals surface area contributed by atoms with Gasteiger partial charge >= 0.3 is 0 Å².